The van der Waals surface area contributed by atoms with Crippen molar-refractivity contribution in [3.63, 3.8) is 0 Å². The van der Waals surface area contributed by atoms with Crippen LogP contribution in [0.15, 0.2) is 0 Å². The molecule has 19 heteroatoms. The van der Waals surface area contributed by atoms with Crippen LogP contribution in [-0.4, -0.2) is 106 Å². The maximum Gasteiger partial charge on any atom is 2.00 e. The Balaban J connectivity index is -0.0000000525. The molecule has 0 radical (unpaired) electrons. The van der Waals surface area contributed by atoms with Gasteiger partial charge in [0.15, 0.2) is 0 Å². The first-order chi connectivity index (χ1) is 53.1. The summed E-state index contributed by atoms with van der Waals surface area (Å²) in [6, 6.07) is 0.771. The van der Waals surface area contributed by atoms with Crippen LogP contribution < -0.4 is 0 Å². The monoisotopic (exact) mass is 2170 g/mol. The van der Waals surface area contributed by atoms with Crippen LogP contribution in [0.4, 0.5) is 0 Å². The fourth-order valence-corrected chi connectivity index (χ4v) is 20.5. The van der Waals surface area contributed by atoms with E-state index < -0.39 is 5.97 Å². The molecule has 14 saturated carbocycles. The summed E-state index contributed by atoms with van der Waals surface area (Å²) in [6.07, 6.45) is 65.9. The number of carboxylic acid groups (broad SMARTS) is 1. The van der Waals surface area contributed by atoms with E-state index in [1.807, 2.05) is 7.11 Å². The Labute approximate surface area is 909 Å². The summed E-state index contributed by atoms with van der Waals surface area (Å²) in [7, 11) is 9.22. The van der Waals surface area contributed by atoms with Gasteiger partial charge in [0.2, 0.25) is 0 Å². The molecule has 3 N–H and O–H groups in total. The average molecular weight is 2180 g/mol. The number of carbonyl (C=O) groups excluding carboxylic acids is 2. The number of aliphatic carboxylic acids is 1. The third kappa shape index (κ3) is 85.2. The largest absolute Gasteiger partial charge is 2.00 e. The maximum atomic E-state index is 10.8. The van der Waals surface area contributed by atoms with Crippen molar-refractivity contribution in [1.82, 2.24) is 4.90 Å². The van der Waals surface area contributed by atoms with Crippen molar-refractivity contribution in [2.45, 2.75) is 431 Å². The number of hydrogen-bond acceptors (Lipinski definition) is 11. The molecular formula is C113H235Fe7NO11. The Morgan fingerprint density at radius 2 is 0.583 bits per heavy atom. The fourth-order valence-electron chi connectivity index (χ4n) is 20.5. The summed E-state index contributed by atoms with van der Waals surface area (Å²) in [5.74, 6) is 17.1. The minimum Gasteiger partial charge on any atom is -0.481 e. The van der Waals surface area contributed by atoms with Gasteiger partial charge in [0.1, 0.15) is 6.29 Å². The average Bonchev–Trinajstić information content (AvgIpc) is 1.69. The molecule has 0 aliphatic heterocycles. The van der Waals surface area contributed by atoms with E-state index in [4.69, 9.17) is 25.1 Å². The van der Waals surface area contributed by atoms with Crippen molar-refractivity contribution in [3.05, 3.63) is 104 Å². The smallest absolute Gasteiger partial charge is 0.481 e. The van der Waals surface area contributed by atoms with Gasteiger partial charge >= 0.3 is 131 Å². The van der Waals surface area contributed by atoms with Gasteiger partial charge in [0.25, 0.3) is 0 Å². The number of methoxy groups -OCH3 is 2. The molecule has 0 aromatic carbocycles. The van der Waals surface area contributed by atoms with Crippen molar-refractivity contribution in [3.8, 4) is 0 Å². The van der Waals surface area contributed by atoms with Crippen LogP contribution in [0, 0.1) is 234 Å². The number of nitrogens with zero attached hydrogens (tertiary/aromatic N) is 1. The molecule has 0 spiro atoms. The number of aliphatic hydroxyl groups excluding tert-OH is 1. The Morgan fingerprint density at radius 1 is 0.333 bits per heavy atom. The molecule has 814 valence electrons. The molecule has 14 aliphatic carbocycles. The van der Waals surface area contributed by atoms with E-state index in [9.17, 15) is 14.4 Å². The topological polar surface area (TPSA) is 161 Å². The van der Waals surface area contributed by atoms with Gasteiger partial charge < -0.3 is 133 Å². The summed E-state index contributed by atoms with van der Waals surface area (Å²) in [5, 5.41) is 25.0. The molecule has 0 bridgehead atoms. The quantitative estimate of drug-likeness (QED) is 0.0400. The van der Waals surface area contributed by atoms with Gasteiger partial charge in [-0.1, -0.05) is 315 Å². The number of carboxylic acids is 1. The first-order valence-electron chi connectivity index (χ1n) is 48.1. The summed E-state index contributed by atoms with van der Waals surface area (Å²) in [5.41, 5.74) is 0. The molecule has 14 rings (SSSR count). The molecule has 6 unspecified atom stereocenters. The number of ether oxygens (including phenoxy) is 2. The zero-order valence-corrected chi connectivity index (χ0v) is 102. The maximum absolute atomic E-state index is 10.8. The molecule has 14 aliphatic rings. The zero-order chi connectivity index (χ0) is 82.9. The molecule has 12 nitrogen and oxygen atoms in total. The molecule has 0 saturated heterocycles. The van der Waals surface area contributed by atoms with Crippen molar-refractivity contribution >= 4 is 18.2 Å². The van der Waals surface area contributed by atoms with E-state index in [2.05, 4.69) is 144 Å². The minimum absolute atomic E-state index is 0. The first kappa shape index (κ1) is 186. The summed E-state index contributed by atoms with van der Waals surface area (Å²) in [4.78, 5) is 46.7. The van der Waals surface area contributed by atoms with Crippen LogP contribution >= 0.6 is 0 Å². The van der Waals surface area contributed by atoms with Gasteiger partial charge in [-0.3, -0.25) is 14.8 Å². The Kier molecular flexibility index (Phi) is 166. The molecule has 0 heterocycles. The number of hydrogen-bond donors (Lipinski definition) is 3. The van der Waals surface area contributed by atoms with Crippen LogP contribution in [0.25, 0.3) is 0 Å². The molecule has 14 fully saturated rings. The second-order valence-corrected chi connectivity index (χ2v) is 39.1. The van der Waals surface area contributed by atoms with Gasteiger partial charge in [0.05, 0.1) is 45.4 Å². The molecular weight excluding hydrogens is 1940 g/mol. The summed E-state index contributed by atoms with van der Waals surface area (Å²) in [6.45, 7) is 39.7. The van der Waals surface area contributed by atoms with Crippen LogP contribution in [0.2, 0.25) is 0 Å². The van der Waals surface area contributed by atoms with E-state index >= 15 is 0 Å². The third-order valence-electron chi connectivity index (χ3n) is 30.9. The first-order valence-corrected chi connectivity index (χ1v) is 48.1. The second-order valence-electron chi connectivity index (χ2n) is 39.1. The number of aliphatic hydroxyl groups is 1. The second kappa shape index (κ2) is 118. The van der Waals surface area contributed by atoms with Crippen molar-refractivity contribution in [2.24, 2.45) is 130 Å². The fraction of sp³-hybridized carbons (Fsp3) is 0.850. The Hall–Kier alpha value is 1.97. The normalized spacial score (nSPS) is 26.1. The van der Waals surface area contributed by atoms with Gasteiger partial charge in [-0.2, -0.15) is 0 Å². The third-order valence-corrected chi connectivity index (χ3v) is 30.9. The Bertz CT molecular complexity index is 1970. The minimum atomic E-state index is -0.609. The van der Waals surface area contributed by atoms with Crippen LogP contribution in [0.1, 0.15) is 419 Å². The van der Waals surface area contributed by atoms with Crippen molar-refractivity contribution in [2.75, 3.05) is 55.2 Å². The van der Waals surface area contributed by atoms with E-state index in [-0.39, 0.29) is 241 Å². The van der Waals surface area contributed by atoms with Gasteiger partial charge in [-0.05, 0) is 230 Å². The number of aldehydes is 1. The number of esters is 1. The van der Waals surface area contributed by atoms with Gasteiger partial charge in [0, 0.05) is 25.7 Å². The molecule has 6 atom stereocenters. The van der Waals surface area contributed by atoms with Crippen LogP contribution in [-0.2, 0) is 158 Å². The van der Waals surface area contributed by atoms with E-state index in [0.29, 0.717) is 37.1 Å². The van der Waals surface area contributed by atoms with Crippen LogP contribution in [0.3, 0.4) is 0 Å². The van der Waals surface area contributed by atoms with Crippen molar-refractivity contribution < 1.29 is 173 Å². The predicted octanol–water partition coefficient (Wildman–Crippen LogP) is 34.3. The van der Waals surface area contributed by atoms with E-state index in [1.165, 1.54) is 264 Å². The summed E-state index contributed by atoms with van der Waals surface area (Å²) >= 11 is 0. The van der Waals surface area contributed by atoms with Crippen molar-refractivity contribution in [1.29, 1.82) is 0 Å². The van der Waals surface area contributed by atoms with Crippen LogP contribution in [0.5, 0.6) is 0 Å². The summed E-state index contributed by atoms with van der Waals surface area (Å²) < 4.78 is 9.90. The number of rotatable bonds is 13. The SMILES string of the molecule is C1CCCC1.C1CCCC1.CC1C(C)C(C)C(C)C1C.CC1C(C)C(C)C(C)C1C.CC1CCCC1.CC1CCCC1.CC1CCCC1C(C)N(C)C.COC(=O)C1CCCC1.COC(C)C1CCCC1C.COOCC1CCCC1.O=C(O)C1CCCC1.O=CC1CCCC1.OCC1CCCC1.OOCC1CCCC1.[CH3-].[CH3-].[CH3-].[CH3-].[CH3-].[CH3-].[CH3-].[CH3-].[CH3-].[CH3-].[CH3-].[CH3-].[CH3-].[CH3-].[Fe+2].[Fe+2].[Fe+2].[Fe+2].[Fe+2].[Fe+2].[Fe+2]. The standard InChI is InChI=1S/C10H21N.2C10H20.C9H18O.C7H14O2.C7H12O2.C6H12O2.C6H10O2.C6H12O.C6H10O.2C6H12.2C5H10.14CH3.7Fe/c1-8-6-5-7-10(8)9(2)11(3)4;2*1-6-7(2)9(4)10(5)8(6)3;1-7-5-4-6-9(7)8(2)10-3;1-8-9-6-7-4-2-3-5-7;1-9-7(8)6-4-2-3-5-6;7-8-5-6-3-1-2-4-6;7-6(8)5-3-1-2-4-5;2*7-5-6-3-1-2-4-6;2*1-6-4-2-3-5-6;2*1-2-4-5-3-1;;;;;;;;;;;;;;;;;;;;;/h8-10H,5-7H2,1-4H3;2*6-10H,1-5H3;7-9H,4-6H2,1-3H3;7H,2-6H2,1H3;6H,2-5H2,1H3;6-7H,1-5H2;5H,1-4H2,(H,7,8);6-7H,1-5H2;5-6H,1-4H2;2*6H,2-5H2,1H3;2*1-5H2;14*1H3;;;;;;;/q;;;;;;;;;;;;;;14*-1;7*+2. The van der Waals surface area contributed by atoms with Gasteiger partial charge in [-0.25, -0.2) is 14.7 Å². The zero-order valence-electron chi connectivity index (χ0n) is 94.0. The van der Waals surface area contributed by atoms with Gasteiger partial charge in [-0.15, -0.1) is 0 Å². The van der Waals surface area contributed by atoms with E-state index in [1.54, 1.807) is 7.11 Å². The number of carbonyl (C=O) groups is 3. The Morgan fingerprint density at radius 3 is 0.773 bits per heavy atom. The molecule has 0 aromatic rings. The molecule has 0 aromatic heterocycles. The van der Waals surface area contributed by atoms with E-state index in [0.717, 1.165) is 171 Å². The molecule has 0 amide bonds. The predicted molar refractivity (Wildman–Crippen MR) is 562 cm³/mol. The molecule has 132 heavy (non-hydrogen) atoms.